The van der Waals surface area contributed by atoms with Gasteiger partial charge in [0.05, 0.1) is 40.2 Å². The molecule has 3 aromatic rings. The van der Waals surface area contributed by atoms with E-state index in [1.807, 2.05) is 41.3 Å². The number of carbonyl (C=O) groups is 3. The molecule has 36 heavy (non-hydrogen) atoms. The van der Waals surface area contributed by atoms with Crippen molar-refractivity contribution in [2.24, 2.45) is 11.8 Å². The molecule has 3 aromatic carbocycles. The molecule has 8 heteroatoms. The number of fused-ring (bicyclic) bond motifs is 5. The van der Waals surface area contributed by atoms with Crippen LogP contribution in [0.15, 0.2) is 77.3 Å². The number of hydrogen-bond acceptors (Lipinski definition) is 5. The summed E-state index contributed by atoms with van der Waals surface area (Å²) in [6.07, 6.45) is 3.89. The normalized spacial score (nSPS) is 24.0. The van der Waals surface area contributed by atoms with Gasteiger partial charge in [-0.2, -0.15) is 0 Å². The molecule has 0 bridgehead atoms. The van der Waals surface area contributed by atoms with Crippen LogP contribution in [0.1, 0.15) is 15.9 Å². The Morgan fingerprint density at radius 1 is 0.944 bits per heavy atom. The summed E-state index contributed by atoms with van der Waals surface area (Å²) >= 11 is 9.84. The van der Waals surface area contributed by atoms with Crippen molar-refractivity contribution < 1.29 is 19.1 Å². The highest BCUT2D eigenvalue weighted by Gasteiger charge is 2.64. The molecule has 6 nitrogen and oxygen atoms in total. The molecule has 2 fully saturated rings. The molecule has 3 heterocycles. The second kappa shape index (κ2) is 8.61. The lowest BCUT2D eigenvalue weighted by molar-refractivity contribution is -0.122. The summed E-state index contributed by atoms with van der Waals surface area (Å²) in [5.74, 6) is -1.97. The number of hydrogen-bond donors (Lipinski definition) is 0. The van der Waals surface area contributed by atoms with E-state index in [9.17, 15) is 14.4 Å². The number of benzene rings is 3. The molecular formula is C28H20BrClN2O4. The van der Waals surface area contributed by atoms with E-state index in [1.165, 1.54) is 0 Å². The third-order valence-corrected chi connectivity index (χ3v) is 8.15. The van der Waals surface area contributed by atoms with Crippen molar-refractivity contribution in [2.75, 3.05) is 16.9 Å². The Morgan fingerprint density at radius 3 is 2.36 bits per heavy atom. The van der Waals surface area contributed by atoms with Crippen LogP contribution in [0, 0.1) is 11.8 Å². The second-order valence-electron chi connectivity index (χ2n) is 8.99. The average Bonchev–Trinajstić information content (AvgIpc) is 3.36. The van der Waals surface area contributed by atoms with E-state index in [2.05, 4.69) is 15.9 Å². The number of amides is 2. The van der Waals surface area contributed by atoms with Gasteiger partial charge >= 0.3 is 0 Å². The van der Waals surface area contributed by atoms with Gasteiger partial charge in [0.15, 0.2) is 5.78 Å². The van der Waals surface area contributed by atoms with Crippen molar-refractivity contribution in [1.29, 1.82) is 0 Å². The number of ketones is 1. The minimum atomic E-state index is -0.865. The maximum absolute atomic E-state index is 14.1. The van der Waals surface area contributed by atoms with Gasteiger partial charge in [-0.3, -0.25) is 14.4 Å². The summed E-state index contributed by atoms with van der Waals surface area (Å²) in [4.78, 5) is 45.0. The van der Waals surface area contributed by atoms with Crippen LogP contribution < -0.4 is 14.5 Å². The summed E-state index contributed by atoms with van der Waals surface area (Å²) in [7, 11) is 1.55. The van der Waals surface area contributed by atoms with Crippen molar-refractivity contribution in [2.45, 2.75) is 12.1 Å². The Labute approximate surface area is 221 Å². The third-order valence-electron chi connectivity index (χ3n) is 7.21. The van der Waals surface area contributed by atoms with Crippen molar-refractivity contribution >= 4 is 62.6 Å². The topological polar surface area (TPSA) is 66.9 Å². The number of para-hydroxylation sites is 2. The van der Waals surface area contributed by atoms with Crippen molar-refractivity contribution in [3.05, 3.63) is 93.4 Å². The molecular weight excluding hydrogens is 544 g/mol. The van der Waals surface area contributed by atoms with E-state index in [4.69, 9.17) is 16.3 Å². The predicted molar refractivity (Wildman–Crippen MR) is 141 cm³/mol. The minimum Gasteiger partial charge on any atom is -0.496 e. The van der Waals surface area contributed by atoms with Crippen LogP contribution in [0.25, 0.3) is 6.08 Å². The summed E-state index contributed by atoms with van der Waals surface area (Å²) in [6.45, 7) is 0. The number of Topliss-reactive ketones (excluding diaryl/α,β-unsaturated/α-hetero) is 1. The van der Waals surface area contributed by atoms with E-state index >= 15 is 0 Å². The molecule has 0 unspecified atom stereocenters. The fraction of sp³-hybridized carbons (Fsp3) is 0.179. The predicted octanol–water partition coefficient (Wildman–Crippen LogP) is 5.38. The fourth-order valence-corrected chi connectivity index (χ4v) is 6.44. The lowest BCUT2D eigenvalue weighted by Crippen LogP contribution is -2.48. The molecule has 3 aliphatic heterocycles. The Morgan fingerprint density at radius 2 is 1.64 bits per heavy atom. The van der Waals surface area contributed by atoms with Crippen LogP contribution in [0.5, 0.6) is 5.75 Å². The standard InChI is InChI=1S/C28H20BrClN2O4/c1-36-22-13-11-16(14-17(22)29)26(33)25-24-23(21-12-10-15-6-2-4-8-19(15)31(21)25)27(34)32(28(24)35)20-9-5-3-7-18(20)30/h2-14,21,23-25H,1H3/t21-,23-,24-,25-/m1/s1. The highest BCUT2D eigenvalue weighted by Crippen LogP contribution is 2.50. The number of nitrogens with zero attached hydrogens (tertiary/aromatic N) is 2. The number of imide groups is 1. The molecule has 6 rings (SSSR count). The SMILES string of the molecule is COc1ccc(C(=O)[C@H]2[C@@H]3C(=O)N(c4ccccc4Cl)C(=O)[C@@H]3[C@H]3C=Cc4ccccc4N32)cc1Br. The van der Waals surface area contributed by atoms with Crippen LogP contribution in [-0.2, 0) is 9.59 Å². The number of ether oxygens (including phenoxy) is 1. The first kappa shape index (κ1) is 23.0. The van der Waals surface area contributed by atoms with E-state index in [0.29, 0.717) is 26.5 Å². The van der Waals surface area contributed by atoms with Gasteiger partial charge in [0.25, 0.3) is 0 Å². The summed E-state index contributed by atoms with van der Waals surface area (Å²) in [5.41, 5.74) is 2.53. The van der Waals surface area contributed by atoms with Crippen LogP contribution in [-0.4, -0.2) is 36.8 Å². The average molecular weight is 564 g/mol. The minimum absolute atomic E-state index is 0.233. The van der Waals surface area contributed by atoms with Gasteiger partial charge in [-0.1, -0.05) is 54.1 Å². The first-order valence-electron chi connectivity index (χ1n) is 11.5. The van der Waals surface area contributed by atoms with Crippen molar-refractivity contribution in [3.8, 4) is 5.75 Å². The number of rotatable bonds is 4. The van der Waals surface area contributed by atoms with E-state index in [-0.39, 0.29) is 11.7 Å². The molecule has 0 aromatic heterocycles. The lowest BCUT2D eigenvalue weighted by atomic mass is 9.86. The quantitative estimate of drug-likeness (QED) is 0.315. The Bertz CT molecular complexity index is 1470. The van der Waals surface area contributed by atoms with Gasteiger partial charge in [-0.05, 0) is 57.9 Å². The molecule has 4 atom stereocenters. The number of methoxy groups -OCH3 is 1. The summed E-state index contributed by atoms with van der Waals surface area (Å²) in [5, 5.41) is 0.308. The van der Waals surface area contributed by atoms with Gasteiger partial charge in [0.2, 0.25) is 11.8 Å². The van der Waals surface area contributed by atoms with Gasteiger partial charge in [0.1, 0.15) is 11.8 Å². The van der Waals surface area contributed by atoms with Gasteiger partial charge in [-0.25, -0.2) is 4.90 Å². The van der Waals surface area contributed by atoms with Gasteiger partial charge in [-0.15, -0.1) is 0 Å². The fourth-order valence-electron chi connectivity index (χ4n) is 5.67. The molecule has 2 saturated heterocycles. The van der Waals surface area contributed by atoms with Crippen LogP contribution in [0.2, 0.25) is 5.02 Å². The van der Waals surface area contributed by atoms with Crippen LogP contribution in [0.3, 0.4) is 0 Å². The highest BCUT2D eigenvalue weighted by atomic mass is 79.9. The van der Waals surface area contributed by atoms with Gasteiger partial charge < -0.3 is 9.64 Å². The molecule has 180 valence electrons. The zero-order valence-corrected chi connectivity index (χ0v) is 21.4. The zero-order chi connectivity index (χ0) is 25.1. The van der Waals surface area contributed by atoms with Crippen LogP contribution in [0.4, 0.5) is 11.4 Å². The molecule has 0 spiro atoms. The molecule has 2 amide bonds. The molecule has 0 saturated carbocycles. The largest absolute Gasteiger partial charge is 0.496 e. The maximum Gasteiger partial charge on any atom is 0.240 e. The maximum atomic E-state index is 14.1. The number of halogens is 2. The first-order valence-corrected chi connectivity index (χ1v) is 12.6. The Kier molecular flexibility index (Phi) is 5.50. The lowest BCUT2D eigenvalue weighted by Gasteiger charge is -2.36. The molecule has 0 N–H and O–H groups in total. The Balaban J connectivity index is 1.50. The highest BCUT2D eigenvalue weighted by molar-refractivity contribution is 9.10. The van der Waals surface area contributed by atoms with Crippen LogP contribution >= 0.6 is 27.5 Å². The molecule has 3 aliphatic rings. The monoisotopic (exact) mass is 562 g/mol. The van der Waals surface area contributed by atoms with Crippen molar-refractivity contribution in [1.82, 2.24) is 0 Å². The zero-order valence-electron chi connectivity index (χ0n) is 19.1. The van der Waals surface area contributed by atoms with E-state index in [0.717, 1.165) is 16.2 Å². The summed E-state index contributed by atoms with van der Waals surface area (Å²) in [6, 6.07) is 18.3. The summed E-state index contributed by atoms with van der Waals surface area (Å²) < 4.78 is 5.95. The first-order chi connectivity index (χ1) is 17.4. The Hall–Kier alpha value is -3.42. The van der Waals surface area contributed by atoms with Gasteiger partial charge in [0, 0.05) is 11.3 Å². The van der Waals surface area contributed by atoms with E-state index < -0.39 is 29.8 Å². The van der Waals surface area contributed by atoms with E-state index in [1.54, 1.807) is 49.6 Å². The van der Waals surface area contributed by atoms with Crippen molar-refractivity contribution in [3.63, 3.8) is 0 Å². The second-order valence-corrected chi connectivity index (χ2v) is 10.3. The smallest absolute Gasteiger partial charge is 0.240 e. The third kappa shape index (κ3) is 3.26. The number of carbonyl (C=O) groups excluding carboxylic acids is 3. The molecule has 0 aliphatic carbocycles. The number of anilines is 2. The molecule has 0 radical (unpaired) electrons.